The molecule has 0 saturated carbocycles. The number of aromatic nitrogens is 1. The van der Waals surface area contributed by atoms with E-state index in [0.717, 1.165) is 18.9 Å². The third-order valence-corrected chi connectivity index (χ3v) is 5.76. The largest absolute Gasteiger partial charge is 0.378 e. The number of hydrogen-bond donors (Lipinski definition) is 0. The molecule has 0 aliphatic carbocycles. The van der Waals surface area contributed by atoms with Gasteiger partial charge in [0, 0.05) is 38.3 Å². The van der Waals surface area contributed by atoms with Gasteiger partial charge in [0.15, 0.2) is 0 Å². The smallest absolute Gasteiger partial charge is 0.255 e. The van der Waals surface area contributed by atoms with Crippen LogP contribution in [0.1, 0.15) is 35.7 Å². The fraction of sp³-hybridized carbons (Fsp3) is 0.455. The number of ether oxygens (including phenoxy) is 1. The lowest BCUT2D eigenvalue weighted by molar-refractivity contribution is 0.0302. The van der Waals surface area contributed by atoms with Crippen molar-refractivity contribution < 1.29 is 9.53 Å². The number of carbonyl (C=O) groups excluding carboxylic acids is 1. The van der Waals surface area contributed by atoms with Crippen LogP contribution in [0.4, 0.5) is 5.82 Å². The Hall–Kier alpha value is -2.40. The van der Waals surface area contributed by atoms with E-state index in [4.69, 9.17) is 4.74 Å². The molecule has 142 valence electrons. The molecule has 0 N–H and O–H groups in total. The Morgan fingerprint density at radius 2 is 1.85 bits per heavy atom. The van der Waals surface area contributed by atoms with Crippen molar-refractivity contribution in [2.45, 2.75) is 19.8 Å². The number of rotatable bonds is 3. The van der Waals surface area contributed by atoms with Gasteiger partial charge in [0.1, 0.15) is 5.82 Å². The van der Waals surface area contributed by atoms with Crippen molar-refractivity contribution in [2.24, 2.45) is 5.41 Å². The molecule has 1 aromatic heterocycles. The van der Waals surface area contributed by atoms with Gasteiger partial charge in [-0.15, -0.1) is 0 Å². The fourth-order valence-electron chi connectivity index (χ4n) is 4.20. The van der Waals surface area contributed by atoms with Crippen molar-refractivity contribution in [1.29, 1.82) is 0 Å². The number of morpholine rings is 1. The zero-order valence-electron chi connectivity index (χ0n) is 16.1. The van der Waals surface area contributed by atoms with E-state index in [-0.39, 0.29) is 11.3 Å². The van der Waals surface area contributed by atoms with Gasteiger partial charge in [-0.1, -0.05) is 44.2 Å². The highest BCUT2D eigenvalue weighted by molar-refractivity contribution is 5.94. The Morgan fingerprint density at radius 3 is 2.52 bits per heavy atom. The third kappa shape index (κ3) is 3.69. The lowest BCUT2D eigenvalue weighted by Gasteiger charge is -2.27. The third-order valence-electron chi connectivity index (χ3n) is 5.76. The molecule has 3 heterocycles. The first-order valence-corrected chi connectivity index (χ1v) is 9.67. The Balaban J connectivity index is 1.48. The maximum Gasteiger partial charge on any atom is 0.255 e. The van der Waals surface area contributed by atoms with Crippen LogP contribution in [0.15, 0.2) is 48.7 Å². The van der Waals surface area contributed by atoms with Crippen LogP contribution in [0.5, 0.6) is 0 Å². The number of carbonyl (C=O) groups is 1. The minimum absolute atomic E-state index is 0.0428. The van der Waals surface area contributed by atoms with E-state index >= 15 is 0 Å². The molecular weight excluding hydrogens is 338 g/mol. The Labute approximate surface area is 161 Å². The maximum atomic E-state index is 12.6. The molecule has 27 heavy (non-hydrogen) atoms. The molecule has 1 amide bonds. The van der Waals surface area contributed by atoms with Crippen molar-refractivity contribution >= 4 is 11.7 Å². The highest BCUT2D eigenvalue weighted by Crippen LogP contribution is 2.43. The first-order chi connectivity index (χ1) is 13.0. The second-order valence-electron chi connectivity index (χ2n) is 8.14. The predicted molar refractivity (Wildman–Crippen MR) is 106 cm³/mol. The van der Waals surface area contributed by atoms with Crippen molar-refractivity contribution in [1.82, 2.24) is 9.88 Å². The predicted octanol–water partition coefficient (Wildman–Crippen LogP) is 3.18. The summed E-state index contributed by atoms with van der Waals surface area (Å²) < 4.78 is 5.32. The summed E-state index contributed by atoms with van der Waals surface area (Å²) >= 11 is 0. The van der Waals surface area contributed by atoms with Gasteiger partial charge < -0.3 is 14.5 Å². The minimum Gasteiger partial charge on any atom is -0.378 e. The molecule has 2 aliphatic heterocycles. The molecular formula is C22H27N3O2. The zero-order valence-corrected chi connectivity index (χ0v) is 16.1. The molecule has 1 aromatic carbocycles. The molecule has 0 bridgehead atoms. The summed E-state index contributed by atoms with van der Waals surface area (Å²) in [6, 6.07) is 14.6. The van der Waals surface area contributed by atoms with Crippen LogP contribution in [0.3, 0.4) is 0 Å². The first-order valence-electron chi connectivity index (χ1n) is 9.67. The van der Waals surface area contributed by atoms with Gasteiger partial charge in [-0.05, 0) is 23.1 Å². The number of amides is 1. The van der Waals surface area contributed by atoms with Crippen molar-refractivity contribution in [3.63, 3.8) is 0 Å². The van der Waals surface area contributed by atoms with Gasteiger partial charge in [0.2, 0.25) is 0 Å². The number of hydrogen-bond acceptors (Lipinski definition) is 4. The standard InChI is InChI=1S/C22H27N3O2/c1-22(2)16-25(15-19(22)17-6-4-3-5-7-17)20-9-8-18(14-23-20)21(26)24-10-12-27-13-11-24/h3-9,14,19H,10-13,15-16H2,1-2H3/t19-/m1/s1. The summed E-state index contributed by atoms with van der Waals surface area (Å²) in [7, 11) is 0. The van der Waals surface area contributed by atoms with Crippen LogP contribution in [0, 0.1) is 5.41 Å². The van der Waals surface area contributed by atoms with Gasteiger partial charge >= 0.3 is 0 Å². The molecule has 0 spiro atoms. The van der Waals surface area contributed by atoms with Crippen molar-refractivity contribution in [3.8, 4) is 0 Å². The first kappa shape index (κ1) is 18.0. The van der Waals surface area contributed by atoms with E-state index in [2.05, 4.69) is 54.1 Å². The molecule has 2 saturated heterocycles. The quantitative estimate of drug-likeness (QED) is 0.838. The summed E-state index contributed by atoms with van der Waals surface area (Å²) in [5.74, 6) is 1.46. The minimum atomic E-state index is 0.0428. The highest BCUT2D eigenvalue weighted by Gasteiger charge is 2.40. The van der Waals surface area contributed by atoms with Gasteiger partial charge in [0.05, 0.1) is 18.8 Å². The number of anilines is 1. The Bertz CT molecular complexity index is 783. The average Bonchev–Trinajstić information content (AvgIpc) is 3.04. The zero-order chi connectivity index (χ0) is 18.9. The monoisotopic (exact) mass is 365 g/mol. The number of nitrogens with zero attached hydrogens (tertiary/aromatic N) is 3. The molecule has 0 unspecified atom stereocenters. The molecule has 5 nitrogen and oxygen atoms in total. The topological polar surface area (TPSA) is 45.7 Å². The van der Waals surface area contributed by atoms with E-state index in [0.29, 0.717) is 37.8 Å². The van der Waals surface area contributed by atoms with Gasteiger partial charge in [-0.25, -0.2) is 4.98 Å². The Morgan fingerprint density at radius 1 is 1.11 bits per heavy atom. The molecule has 2 aromatic rings. The maximum absolute atomic E-state index is 12.6. The summed E-state index contributed by atoms with van der Waals surface area (Å²) in [5.41, 5.74) is 2.20. The molecule has 5 heteroatoms. The van der Waals surface area contributed by atoms with Crippen LogP contribution < -0.4 is 4.90 Å². The van der Waals surface area contributed by atoms with Crippen LogP contribution in [-0.4, -0.2) is 55.2 Å². The molecule has 2 fully saturated rings. The second-order valence-corrected chi connectivity index (χ2v) is 8.14. The van der Waals surface area contributed by atoms with Gasteiger partial charge in [-0.2, -0.15) is 0 Å². The van der Waals surface area contributed by atoms with E-state index in [1.807, 2.05) is 17.0 Å². The van der Waals surface area contributed by atoms with Crippen LogP contribution >= 0.6 is 0 Å². The summed E-state index contributed by atoms with van der Waals surface area (Å²) in [4.78, 5) is 21.4. The van der Waals surface area contributed by atoms with E-state index in [9.17, 15) is 4.79 Å². The molecule has 2 aliphatic rings. The average molecular weight is 365 g/mol. The van der Waals surface area contributed by atoms with Crippen molar-refractivity contribution in [3.05, 3.63) is 59.8 Å². The normalized spacial score (nSPS) is 22.1. The van der Waals surface area contributed by atoms with E-state index < -0.39 is 0 Å². The van der Waals surface area contributed by atoms with E-state index in [1.165, 1.54) is 5.56 Å². The highest BCUT2D eigenvalue weighted by atomic mass is 16.5. The molecule has 1 atom stereocenters. The van der Waals surface area contributed by atoms with Crippen LogP contribution in [-0.2, 0) is 4.74 Å². The van der Waals surface area contributed by atoms with Crippen LogP contribution in [0.25, 0.3) is 0 Å². The summed E-state index contributed by atoms with van der Waals surface area (Å²) in [6.45, 7) is 9.07. The summed E-state index contributed by atoms with van der Waals surface area (Å²) in [6.07, 6.45) is 1.72. The summed E-state index contributed by atoms with van der Waals surface area (Å²) in [5, 5.41) is 0. The number of pyridine rings is 1. The van der Waals surface area contributed by atoms with Crippen molar-refractivity contribution in [2.75, 3.05) is 44.3 Å². The van der Waals surface area contributed by atoms with Gasteiger partial charge in [-0.3, -0.25) is 4.79 Å². The van der Waals surface area contributed by atoms with Crippen LogP contribution in [0.2, 0.25) is 0 Å². The lowest BCUT2D eigenvalue weighted by atomic mass is 9.78. The SMILES string of the molecule is CC1(C)CN(c2ccc(C(=O)N3CCOCC3)cn2)C[C@@H]1c1ccccc1. The van der Waals surface area contributed by atoms with E-state index in [1.54, 1.807) is 6.20 Å². The Kier molecular flexibility index (Phi) is 4.87. The lowest BCUT2D eigenvalue weighted by Crippen LogP contribution is -2.40. The molecule has 4 rings (SSSR count). The fourth-order valence-corrected chi connectivity index (χ4v) is 4.20. The molecule has 0 radical (unpaired) electrons. The van der Waals surface area contributed by atoms with Gasteiger partial charge in [0.25, 0.3) is 5.91 Å². The second kappa shape index (κ2) is 7.31. The number of benzene rings is 1.